The summed E-state index contributed by atoms with van der Waals surface area (Å²) in [7, 11) is 1.41. The van der Waals surface area contributed by atoms with E-state index in [4.69, 9.17) is 14.6 Å². The minimum absolute atomic E-state index is 0.119. The van der Waals surface area contributed by atoms with Gasteiger partial charge in [-0.05, 0) is 37.1 Å². The molecule has 1 unspecified atom stereocenters. The van der Waals surface area contributed by atoms with E-state index >= 15 is 0 Å². The minimum Gasteiger partial charge on any atom is -0.484 e. The maximum atomic E-state index is 11.7. The molecule has 0 saturated heterocycles. The Hall–Kier alpha value is -2.08. The molecule has 0 heterocycles. The van der Waals surface area contributed by atoms with E-state index in [1.165, 1.54) is 7.11 Å². The Balaban J connectivity index is 2.38. The molecule has 1 amide bonds. The molecule has 0 aliphatic rings. The number of benzene rings is 1. The summed E-state index contributed by atoms with van der Waals surface area (Å²) in [5, 5.41) is 11.3. The van der Waals surface area contributed by atoms with Crippen molar-refractivity contribution in [2.24, 2.45) is 0 Å². The molecule has 0 radical (unpaired) electrons. The van der Waals surface area contributed by atoms with Gasteiger partial charge in [-0.1, -0.05) is 6.07 Å². The van der Waals surface area contributed by atoms with Crippen LogP contribution in [0.1, 0.15) is 17.5 Å². The highest BCUT2D eigenvalue weighted by Crippen LogP contribution is 2.15. The number of carbonyl (C=O) groups is 2. The lowest BCUT2D eigenvalue weighted by Crippen LogP contribution is -2.37. The van der Waals surface area contributed by atoms with E-state index in [1.807, 2.05) is 32.0 Å². The lowest BCUT2D eigenvalue weighted by molar-refractivity contribution is -0.140. The summed E-state index contributed by atoms with van der Waals surface area (Å²) >= 11 is 0. The van der Waals surface area contributed by atoms with Gasteiger partial charge in [-0.25, -0.2) is 0 Å². The number of aliphatic carboxylic acids is 1. The van der Waals surface area contributed by atoms with E-state index in [9.17, 15) is 9.59 Å². The lowest BCUT2D eigenvalue weighted by atomic mass is 10.1. The van der Waals surface area contributed by atoms with Crippen molar-refractivity contribution in [1.29, 1.82) is 0 Å². The van der Waals surface area contributed by atoms with Gasteiger partial charge in [-0.3, -0.25) is 9.59 Å². The van der Waals surface area contributed by atoms with Crippen LogP contribution in [0.3, 0.4) is 0 Å². The van der Waals surface area contributed by atoms with Crippen LogP contribution >= 0.6 is 0 Å². The molecule has 0 aliphatic heterocycles. The van der Waals surface area contributed by atoms with Crippen LogP contribution in [0.5, 0.6) is 5.75 Å². The summed E-state index contributed by atoms with van der Waals surface area (Å²) in [5.74, 6) is -0.652. The third kappa shape index (κ3) is 6.76. The second-order valence-electron chi connectivity index (χ2n) is 4.87. The van der Waals surface area contributed by atoms with E-state index < -0.39 is 12.1 Å². The van der Waals surface area contributed by atoms with Gasteiger partial charge < -0.3 is 19.9 Å². The van der Waals surface area contributed by atoms with Gasteiger partial charge in [-0.2, -0.15) is 0 Å². The molecule has 6 nitrogen and oxygen atoms in total. The number of ether oxygens (including phenoxy) is 2. The number of rotatable bonds is 8. The normalized spacial score (nSPS) is 11.8. The number of hydrogen-bond donors (Lipinski definition) is 2. The van der Waals surface area contributed by atoms with Crippen molar-refractivity contribution in [3.8, 4) is 5.75 Å². The predicted molar refractivity (Wildman–Crippen MR) is 77.5 cm³/mol. The van der Waals surface area contributed by atoms with Gasteiger partial charge in [0.05, 0.1) is 12.5 Å². The zero-order valence-corrected chi connectivity index (χ0v) is 12.5. The Morgan fingerprint density at radius 1 is 1.24 bits per heavy atom. The van der Waals surface area contributed by atoms with Crippen molar-refractivity contribution in [3.05, 3.63) is 29.3 Å². The largest absolute Gasteiger partial charge is 0.484 e. The topological polar surface area (TPSA) is 84.9 Å². The molecule has 116 valence electrons. The number of hydrogen-bond acceptors (Lipinski definition) is 4. The van der Waals surface area contributed by atoms with Gasteiger partial charge in [0.2, 0.25) is 0 Å². The Labute approximate surface area is 124 Å². The Morgan fingerprint density at radius 2 is 1.86 bits per heavy atom. The molecule has 6 heteroatoms. The zero-order chi connectivity index (χ0) is 15.8. The Kier molecular flexibility index (Phi) is 6.68. The highest BCUT2D eigenvalue weighted by Gasteiger charge is 2.13. The van der Waals surface area contributed by atoms with Gasteiger partial charge >= 0.3 is 5.97 Å². The Morgan fingerprint density at radius 3 is 2.38 bits per heavy atom. The van der Waals surface area contributed by atoms with E-state index in [-0.39, 0.29) is 25.5 Å². The van der Waals surface area contributed by atoms with Crippen LogP contribution in [0.15, 0.2) is 18.2 Å². The van der Waals surface area contributed by atoms with Crippen molar-refractivity contribution >= 4 is 11.9 Å². The second kappa shape index (κ2) is 8.26. The monoisotopic (exact) mass is 295 g/mol. The number of amides is 1. The molecule has 2 N–H and O–H groups in total. The van der Waals surface area contributed by atoms with E-state index in [2.05, 4.69) is 5.32 Å². The van der Waals surface area contributed by atoms with Crippen molar-refractivity contribution in [2.75, 3.05) is 20.3 Å². The van der Waals surface area contributed by atoms with Crippen molar-refractivity contribution < 1.29 is 24.2 Å². The third-order valence-electron chi connectivity index (χ3n) is 2.83. The summed E-state index contributed by atoms with van der Waals surface area (Å²) in [5.41, 5.74) is 2.12. The average molecular weight is 295 g/mol. The van der Waals surface area contributed by atoms with Crippen LogP contribution in [0.25, 0.3) is 0 Å². The molecule has 0 bridgehead atoms. The molecular weight excluding hydrogens is 274 g/mol. The van der Waals surface area contributed by atoms with Gasteiger partial charge in [-0.15, -0.1) is 0 Å². The molecule has 0 spiro atoms. The van der Waals surface area contributed by atoms with Gasteiger partial charge in [0, 0.05) is 13.7 Å². The molecule has 0 saturated carbocycles. The lowest BCUT2D eigenvalue weighted by Gasteiger charge is -2.14. The van der Waals surface area contributed by atoms with E-state index in [0.717, 1.165) is 11.1 Å². The summed E-state index contributed by atoms with van der Waals surface area (Å²) in [6.07, 6.45) is -0.706. The fourth-order valence-electron chi connectivity index (χ4n) is 1.88. The summed E-state index contributed by atoms with van der Waals surface area (Å²) in [4.78, 5) is 22.2. The first-order valence-corrected chi connectivity index (χ1v) is 6.63. The molecule has 0 fully saturated rings. The second-order valence-corrected chi connectivity index (χ2v) is 4.87. The standard InChI is InChI=1S/C15H21NO5/c1-10-4-11(2)6-12(5-10)21-9-14(17)16-8-13(20-3)7-15(18)19/h4-6,13H,7-9H2,1-3H3,(H,16,17)(H,18,19). The number of aryl methyl sites for hydroxylation is 2. The zero-order valence-electron chi connectivity index (χ0n) is 12.5. The number of methoxy groups -OCH3 is 1. The molecule has 21 heavy (non-hydrogen) atoms. The van der Waals surface area contributed by atoms with Crippen LogP contribution in [0, 0.1) is 13.8 Å². The molecule has 0 aliphatic carbocycles. The summed E-state index contributed by atoms with van der Waals surface area (Å²) in [6.45, 7) is 3.92. The van der Waals surface area contributed by atoms with Gasteiger partial charge in [0.1, 0.15) is 5.75 Å². The van der Waals surface area contributed by atoms with Gasteiger partial charge in [0.25, 0.3) is 5.91 Å². The van der Waals surface area contributed by atoms with Crippen LogP contribution in [0.2, 0.25) is 0 Å². The van der Waals surface area contributed by atoms with Crippen LogP contribution in [-0.2, 0) is 14.3 Å². The van der Waals surface area contributed by atoms with Crippen molar-refractivity contribution in [2.45, 2.75) is 26.4 Å². The number of carbonyl (C=O) groups excluding carboxylic acids is 1. The summed E-state index contributed by atoms with van der Waals surface area (Å²) in [6, 6.07) is 5.72. The average Bonchev–Trinajstić information content (AvgIpc) is 2.39. The molecule has 0 aromatic heterocycles. The quantitative estimate of drug-likeness (QED) is 0.755. The van der Waals surface area contributed by atoms with Gasteiger partial charge in [0.15, 0.2) is 6.61 Å². The van der Waals surface area contributed by atoms with Crippen molar-refractivity contribution in [3.63, 3.8) is 0 Å². The van der Waals surface area contributed by atoms with E-state index in [0.29, 0.717) is 5.75 Å². The fourth-order valence-corrected chi connectivity index (χ4v) is 1.88. The van der Waals surface area contributed by atoms with Crippen LogP contribution < -0.4 is 10.1 Å². The number of nitrogens with one attached hydrogen (secondary N) is 1. The highest BCUT2D eigenvalue weighted by molar-refractivity contribution is 5.77. The molecule has 1 rings (SSSR count). The fraction of sp³-hybridized carbons (Fsp3) is 0.467. The SMILES string of the molecule is COC(CNC(=O)COc1cc(C)cc(C)c1)CC(=O)O. The van der Waals surface area contributed by atoms with E-state index in [1.54, 1.807) is 0 Å². The molecule has 1 aromatic rings. The molecular formula is C15H21NO5. The molecule has 1 atom stereocenters. The maximum Gasteiger partial charge on any atom is 0.306 e. The third-order valence-corrected chi connectivity index (χ3v) is 2.83. The van der Waals surface area contributed by atoms with Crippen molar-refractivity contribution in [1.82, 2.24) is 5.32 Å². The highest BCUT2D eigenvalue weighted by atomic mass is 16.5. The summed E-state index contributed by atoms with van der Waals surface area (Å²) < 4.78 is 10.4. The van der Waals surface area contributed by atoms with Crippen LogP contribution in [0.4, 0.5) is 0 Å². The van der Waals surface area contributed by atoms with Crippen LogP contribution in [-0.4, -0.2) is 43.3 Å². The number of carboxylic acid groups (broad SMARTS) is 1. The smallest absolute Gasteiger partial charge is 0.306 e. The Bertz CT molecular complexity index is 481. The number of carboxylic acids is 1. The first-order valence-electron chi connectivity index (χ1n) is 6.63. The molecule has 1 aromatic carbocycles. The first-order chi connectivity index (χ1) is 9.90. The predicted octanol–water partition coefficient (Wildman–Crippen LogP) is 1.29. The maximum absolute atomic E-state index is 11.7. The minimum atomic E-state index is -0.970. The first kappa shape index (κ1) is 17.0.